The number of hydrogen-bond acceptors (Lipinski definition) is 4. The van der Waals surface area contributed by atoms with Gasteiger partial charge in [0, 0.05) is 31.3 Å². The summed E-state index contributed by atoms with van der Waals surface area (Å²) in [5.74, 6) is 1.64. The first-order valence-electron chi connectivity index (χ1n) is 7.57. The Morgan fingerprint density at radius 2 is 2.14 bits per heavy atom. The van der Waals surface area contributed by atoms with Crippen molar-refractivity contribution in [3.05, 3.63) is 0 Å². The summed E-state index contributed by atoms with van der Waals surface area (Å²) in [7, 11) is 0. The van der Waals surface area contributed by atoms with E-state index in [9.17, 15) is 9.59 Å². The van der Waals surface area contributed by atoms with E-state index in [-0.39, 0.29) is 30.3 Å². The fraction of sp³-hybridized carbons (Fsp3) is 0.857. The molecule has 21 heavy (non-hydrogen) atoms. The van der Waals surface area contributed by atoms with Crippen LogP contribution < -0.4 is 5.32 Å². The second kappa shape index (κ2) is 8.86. The van der Waals surface area contributed by atoms with Crippen LogP contribution in [0.25, 0.3) is 0 Å². The third-order valence-electron chi connectivity index (χ3n) is 4.01. The Morgan fingerprint density at radius 3 is 2.71 bits per heavy atom. The lowest BCUT2D eigenvalue weighted by molar-refractivity contribution is -0.144. The summed E-state index contributed by atoms with van der Waals surface area (Å²) >= 11 is 1.68. The van der Waals surface area contributed by atoms with Gasteiger partial charge in [-0.25, -0.2) is 0 Å². The molecule has 0 aliphatic carbocycles. The Bertz CT molecular complexity index is 364. The normalized spacial score (nSPS) is 24.8. The fourth-order valence-electron chi connectivity index (χ4n) is 2.91. The van der Waals surface area contributed by atoms with Gasteiger partial charge < -0.3 is 15.1 Å². The number of thioether (sulfide) groups is 1. The Balaban J connectivity index is 0.00000220. The maximum absolute atomic E-state index is 12.8. The molecule has 2 unspecified atom stereocenters. The minimum atomic E-state index is -0.250. The van der Waals surface area contributed by atoms with Gasteiger partial charge >= 0.3 is 0 Å². The van der Waals surface area contributed by atoms with Crippen molar-refractivity contribution < 1.29 is 9.59 Å². The Morgan fingerprint density at radius 1 is 1.38 bits per heavy atom. The van der Waals surface area contributed by atoms with Gasteiger partial charge in [0.05, 0.1) is 5.88 Å². The molecule has 7 heteroatoms. The van der Waals surface area contributed by atoms with Crippen molar-refractivity contribution in [1.82, 2.24) is 15.1 Å². The van der Waals surface area contributed by atoms with Crippen LogP contribution >= 0.6 is 24.2 Å². The molecule has 0 aromatic carbocycles. The lowest BCUT2D eigenvalue weighted by atomic mass is 10.1. The zero-order valence-corrected chi connectivity index (χ0v) is 14.5. The Labute approximate surface area is 137 Å². The number of carbonyl (C=O) groups is 2. The number of hydrogen-bond donors (Lipinski definition) is 1. The lowest BCUT2D eigenvalue weighted by Crippen LogP contribution is -2.52. The summed E-state index contributed by atoms with van der Waals surface area (Å²) in [5.41, 5.74) is 0. The molecule has 2 atom stereocenters. The van der Waals surface area contributed by atoms with Gasteiger partial charge in [-0.2, -0.15) is 0 Å². The quantitative estimate of drug-likeness (QED) is 0.823. The van der Waals surface area contributed by atoms with E-state index in [4.69, 9.17) is 0 Å². The molecule has 5 nitrogen and oxygen atoms in total. The van der Waals surface area contributed by atoms with Crippen molar-refractivity contribution >= 4 is 36.0 Å². The van der Waals surface area contributed by atoms with Crippen LogP contribution in [0.15, 0.2) is 0 Å². The van der Waals surface area contributed by atoms with Crippen LogP contribution in [0.4, 0.5) is 0 Å². The van der Waals surface area contributed by atoms with Crippen LogP contribution in [0.1, 0.15) is 33.1 Å². The Hall–Kier alpha value is -0.460. The van der Waals surface area contributed by atoms with Crippen LogP contribution in [-0.4, -0.2) is 65.0 Å². The second-order valence-electron chi connectivity index (χ2n) is 5.41. The predicted molar refractivity (Wildman–Crippen MR) is 88.8 cm³/mol. The van der Waals surface area contributed by atoms with E-state index in [2.05, 4.69) is 12.2 Å². The minimum Gasteiger partial charge on any atom is -0.337 e. The summed E-state index contributed by atoms with van der Waals surface area (Å²) in [6, 6.07) is 0.0474. The third-order valence-corrected chi connectivity index (χ3v) is 5.03. The first kappa shape index (κ1) is 18.6. The molecule has 2 fully saturated rings. The second-order valence-corrected chi connectivity index (χ2v) is 6.41. The maximum Gasteiger partial charge on any atom is 0.246 e. The smallest absolute Gasteiger partial charge is 0.246 e. The number of rotatable bonds is 5. The lowest BCUT2D eigenvalue weighted by Gasteiger charge is -2.33. The summed E-state index contributed by atoms with van der Waals surface area (Å²) in [5, 5.41) is 3.32. The molecule has 2 aliphatic heterocycles. The molecular formula is C14H26ClN3O2S. The Kier molecular flexibility index (Phi) is 7.84. The summed E-state index contributed by atoms with van der Waals surface area (Å²) in [6.45, 7) is 6.61. The van der Waals surface area contributed by atoms with Crippen LogP contribution in [0, 0.1) is 0 Å². The highest BCUT2D eigenvalue weighted by Gasteiger charge is 2.38. The number of halogens is 1. The van der Waals surface area contributed by atoms with E-state index in [1.807, 2.05) is 11.8 Å². The van der Waals surface area contributed by atoms with Gasteiger partial charge in [0.2, 0.25) is 11.8 Å². The molecular weight excluding hydrogens is 310 g/mol. The van der Waals surface area contributed by atoms with E-state index in [0.717, 1.165) is 38.2 Å². The van der Waals surface area contributed by atoms with Crippen LogP contribution in [0.5, 0.6) is 0 Å². The van der Waals surface area contributed by atoms with Gasteiger partial charge in [-0.15, -0.1) is 24.2 Å². The topological polar surface area (TPSA) is 52.7 Å². The van der Waals surface area contributed by atoms with Gasteiger partial charge in [-0.1, -0.05) is 13.8 Å². The highest BCUT2D eigenvalue weighted by Crippen LogP contribution is 2.24. The average molecular weight is 336 g/mol. The molecule has 0 bridgehead atoms. The van der Waals surface area contributed by atoms with E-state index < -0.39 is 0 Å². The van der Waals surface area contributed by atoms with Crippen molar-refractivity contribution in [1.29, 1.82) is 0 Å². The molecule has 0 aromatic rings. The summed E-state index contributed by atoms with van der Waals surface area (Å²) < 4.78 is 0. The number of carbonyl (C=O) groups excluding carboxylic acids is 2. The van der Waals surface area contributed by atoms with E-state index >= 15 is 0 Å². The molecule has 2 rings (SSSR count). The van der Waals surface area contributed by atoms with Crippen molar-refractivity contribution in [2.45, 2.75) is 45.2 Å². The largest absolute Gasteiger partial charge is 0.337 e. The first-order valence-corrected chi connectivity index (χ1v) is 8.72. The zero-order chi connectivity index (χ0) is 14.5. The molecule has 2 heterocycles. The average Bonchev–Trinajstić information content (AvgIpc) is 3.13. The van der Waals surface area contributed by atoms with E-state index in [1.54, 1.807) is 16.7 Å². The van der Waals surface area contributed by atoms with Crippen molar-refractivity contribution in [2.24, 2.45) is 0 Å². The van der Waals surface area contributed by atoms with Gasteiger partial charge in [-0.3, -0.25) is 9.59 Å². The predicted octanol–water partition coefficient (Wildman–Crippen LogP) is 1.32. The fourth-order valence-corrected chi connectivity index (χ4v) is 4.08. The zero-order valence-electron chi connectivity index (χ0n) is 12.8. The molecule has 122 valence electrons. The van der Waals surface area contributed by atoms with Gasteiger partial charge in [0.25, 0.3) is 0 Å². The minimum absolute atomic E-state index is 0. The summed E-state index contributed by atoms with van der Waals surface area (Å²) in [6.07, 6.45) is 2.46. The highest BCUT2D eigenvalue weighted by atomic mass is 35.5. The highest BCUT2D eigenvalue weighted by molar-refractivity contribution is 7.99. The molecule has 1 N–H and O–H groups in total. The molecule has 2 amide bonds. The third kappa shape index (κ3) is 4.27. The van der Waals surface area contributed by atoms with Crippen LogP contribution in [0.2, 0.25) is 0 Å². The van der Waals surface area contributed by atoms with Crippen molar-refractivity contribution in [3.63, 3.8) is 0 Å². The molecule has 0 saturated carbocycles. The number of nitrogens with one attached hydrogen (secondary N) is 1. The van der Waals surface area contributed by atoms with Crippen LogP contribution in [-0.2, 0) is 9.59 Å². The molecule has 2 saturated heterocycles. The van der Waals surface area contributed by atoms with Gasteiger partial charge in [0.15, 0.2) is 0 Å². The molecule has 0 spiro atoms. The van der Waals surface area contributed by atoms with Gasteiger partial charge in [-0.05, 0) is 19.4 Å². The molecule has 0 aromatic heterocycles. The first-order chi connectivity index (χ1) is 9.69. The maximum atomic E-state index is 12.8. The van der Waals surface area contributed by atoms with E-state index in [1.165, 1.54) is 0 Å². The number of nitrogens with zero attached hydrogens (tertiary/aromatic N) is 2. The van der Waals surface area contributed by atoms with Crippen molar-refractivity contribution in [3.8, 4) is 0 Å². The standard InChI is InChI=1S/C14H25N3O2S.ClH/c1-3-7-16(11-5-6-15-8-11)14(19)12-9-20-10-17(12)13(18)4-2;/h11-12,15H,3-10H2,1-2H3;1H. The monoisotopic (exact) mass is 335 g/mol. The van der Waals surface area contributed by atoms with Crippen LogP contribution in [0.3, 0.4) is 0 Å². The summed E-state index contributed by atoms with van der Waals surface area (Å²) in [4.78, 5) is 28.6. The SMILES string of the molecule is CCCN(C(=O)C1CSCN1C(=O)CC)C1CCNC1.Cl. The van der Waals surface area contributed by atoms with Gasteiger partial charge in [0.1, 0.15) is 6.04 Å². The molecule has 2 aliphatic rings. The van der Waals surface area contributed by atoms with Crippen molar-refractivity contribution in [2.75, 3.05) is 31.3 Å². The molecule has 0 radical (unpaired) electrons. The number of amides is 2. The van der Waals surface area contributed by atoms with E-state index in [0.29, 0.717) is 18.3 Å².